The van der Waals surface area contributed by atoms with Gasteiger partial charge in [-0.25, -0.2) is 9.97 Å². The van der Waals surface area contributed by atoms with Gasteiger partial charge < -0.3 is 10.4 Å². The molecule has 0 aliphatic rings. The first-order chi connectivity index (χ1) is 15.2. The Labute approximate surface area is 184 Å². The molecule has 3 heterocycles. The summed E-state index contributed by atoms with van der Waals surface area (Å²) < 4.78 is 3.18. The van der Waals surface area contributed by atoms with Gasteiger partial charge in [0.2, 0.25) is 5.78 Å². The normalized spacial score (nSPS) is 11.6. The molecule has 4 rings (SSSR count). The number of hydrogen-bond acceptors (Lipinski definition) is 6. The average molecular weight is 432 g/mol. The fourth-order valence-electron chi connectivity index (χ4n) is 3.33. The maximum absolute atomic E-state index is 13.0. The lowest BCUT2D eigenvalue weighted by Gasteiger charge is -2.17. The Kier molecular flexibility index (Phi) is 5.58. The van der Waals surface area contributed by atoms with Crippen LogP contribution in [0.5, 0.6) is 0 Å². The van der Waals surface area contributed by atoms with Crippen LogP contribution in [-0.4, -0.2) is 53.1 Å². The van der Waals surface area contributed by atoms with Crippen molar-refractivity contribution in [3.8, 4) is 11.3 Å². The summed E-state index contributed by atoms with van der Waals surface area (Å²) in [5.74, 6) is -0.264. The lowest BCUT2D eigenvalue weighted by molar-refractivity contribution is 0.0693. The molecule has 3 aromatic heterocycles. The van der Waals surface area contributed by atoms with Crippen LogP contribution in [0.25, 0.3) is 17.0 Å². The van der Waals surface area contributed by atoms with Crippen molar-refractivity contribution >= 4 is 17.5 Å². The molecule has 0 saturated heterocycles. The van der Waals surface area contributed by atoms with Crippen LogP contribution < -0.4 is 5.32 Å². The predicted octanol–water partition coefficient (Wildman–Crippen LogP) is 2.06. The Morgan fingerprint density at radius 3 is 2.59 bits per heavy atom. The number of hydrogen-bond donors (Lipinski definition) is 2. The fraction of sp³-hybridized carbons (Fsp3) is 0.261. The van der Waals surface area contributed by atoms with E-state index in [4.69, 9.17) is 0 Å². The lowest BCUT2D eigenvalue weighted by atomic mass is 10.1. The Morgan fingerprint density at radius 1 is 1.12 bits per heavy atom. The number of benzene rings is 1. The van der Waals surface area contributed by atoms with Crippen molar-refractivity contribution in [1.29, 1.82) is 0 Å². The Balaban J connectivity index is 1.55. The van der Waals surface area contributed by atoms with Gasteiger partial charge in [-0.3, -0.25) is 18.7 Å². The SMILES string of the molecule is Cn1ncc(C(=O)NCC(C)(C)O)c1C(=O)Cc1ccn2cc(-c3ccccc3)nc2n1. The van der Waals surface area contributed by atoms with Crippen LogP contribution >= 0.6 is 0 Å². The van der Waals surface area contributed by atoms with Crippen molar-refractivity contribution in [3.05, 3.63) is 71.9 Å². The monoisotopic (exact) mass is 432 g/mol. The van der Waals surface area contributed by atoms with E-state index < -0.39 is 11.5 Å². The summed E-state index contributed by atoms with van der Waals surface area (Å²) in [6.07, 6.45) is 5.04. The molecule has 9 heteroatoms. The number of rotatable bonds is 7. The third kappa shape index (κ3) is 4.57. The van der Waals surface area contributed by atoms with Crippen LogP contribution in [0.1, 0.15) is 40.4 Å². The van der Waals surface area contributed by atoms with Crippen LogP contribution in [0, 0.1) is 0 Å². The topological polar surface area (TPSA) is 114 Å². The number of aromatic nitrogens is 5. The smallest absolute Gasteiger partial charge is 0.255 e. The number of carbonyl (C=O) groups excluding carboxylic acids is 2. The highest BCUT2D eigenvalue weighted by molar-refractivity contribution is 6.07. The number of carbonyl (C=O) groups is 2. The molecule has 0 unspecified atom stereocenters. The van der Waals surface area contributed by atoms with E-state index in [9.17, 15) is 14.7 Å². The summed E-state index contributed by atoms with van der Waals surface area (Å²) in [4.78, 5) is 34.6. The van der Waals surface area contributed by atoms with E-state index in [0.717, 1.165) is 11.3 Å². The van der Waals surface area contributed by atoms with E-state index in [1.54, 1.807) is 31.4 Å². The Bertz CT molecular complexity index is 1280. The zero-order chi connectivity index (χ0) is 22.9. The fourth-order valence-corrected chi connectivity index (χ4v) is 3.33. The number of fused-ring (bicyclic) bond motifs is 1. The van der Waals surface area contributed by atoms with Gasteiger partial charge in [-0.05, 0) is 19.9 Å². The van der Waals surface area contributed by atoms with Crippen molar-refractivity contribution in [2.24, 2.45) is 7.05 Å². The number of Topliss-reactive ketones (excluding diaryl/α,β-unsaturated/α-hetero) is 1. The van der Waals surface area contributed by atoms with Crippen LogP contribution in [-0.2, 0) is 13.5 Å². The highest BCUT2D eigenvalue weighted by Crippen LogP contribution is 2.18. The van der Waals surface area contributed by atoms with Gasteiger partial charge in [-0.2, -0.15) is 5.10 Å². The molecule has 0 atom stereocenters. The first kappa shape index (κ1) is 21.4. The van der Waals surface area contributed by atoms with E-state index >= 15 is 0 Å². The summed E-state index contributed by atoms with van der Waals surface area (Å²) in [7, 11) is 1.61. The molecule has 0 spiro atoms. The predicted molar refractivity (Wildman–Crippen MR) is 118 cm³/mol. The minimum Gasteiger partial charge on any atom is -0.389 e. The number of imidazole rings is 1. The van der Waals surface area contributed by atoms with Gasteiger partial charge >= 0.3 is 0 Å². The molecule has 0 fully saturated rings. The standard InChI is InChI=1S/C23H24N6O3/c1-23(2,32)14-24-21(31)17-12-25-28(3)20(17)19(30)11-16-9-10-29-13-18(27-22(29)26-16)15-7-5-4-6-8-15/h4-10,12-13,32H,11,14H2,1-3H3,(H,24,31). The number of nitrogens with zero attached hydrogens (tertiary/aromatic N) is 5. The highest BCUT2D eigenvalue weighted by Gasteiger charge is 2.24. The summed E-state index contributed by atoms with van der Waals surface area (Å²) in [5, 5.41) is 16.5. The largest absolute Gasteiger partial charge is 0.389 e. The third-order valence-corrected chi connectivity index (χ3v) is 4.92. The first-order valence-electron chi connectivity index (χ1n) is 10.2. The maximum atomic E-state index is 13.0. The number of nitrogens with one attached hydrogen (secondary N) is 1. The molecule has 0 radical (unpaired) electrons. The number of aliphatic hydroxyl groups is 1. The second-order valence-corrected chi connectivity index (χ2v) is 8.24. The van der Waals surface area contributed by atoms with Gasteiger partial charge in [0.15, 0.2) is 5.78 Å². The molecule has 1 aromatic carbocycles. The summed E-state index contributed by atoms with van der Waals surface area (Å²) in [5.41, 5.74) is 1.59. The van der Waals surface area contributed by atoms with E-state index in [1.165, 1.54) is 10.9 Å². The second kappa shape index (κ2) is 8.35. The molecule has 0 bridgehead atoms. The zero-order valence-electron chi connectivity index (χ0n) is 18.1. The molecule has 4 aromatic rings. The minimum absolute atomic E-state index is 0.00463. The molecule has 32 heavy (non-hydrogen) atoms. The van der Waals surface area contributed by atoms with E-state index in [2.05, 4.69) is 20.4 Å². The summed E-state index contributed by atoms with van der Waals surface area (Å²) >= 11 is 0. The van der Waals surface area contributed by atoms with Gasteiger partial charge in [0.25, 0.3) is 5.91 Å². The maximum Gasteiger partial charge on any atom is 0.255 e. The molecule has 0 aliphatic carbocycles. The Hall–Kier alpha value is -3.85. The third-order valence-electron chi connectivity index (χ3n) is 4.92. The van der Waals surface area contributed by atoms with Gasteiger partial charge in [0, 0.05) is 31.5 Å². The second-order valence-electron chi connectivity index (χ2n) is 8.24. The van der Waals surface area contributed by atoms with Gasteiger partial charge in [0.1, 0.15) is 5.69 Å². The first-order valence-corrected chi connectivity index (χ1v) is 10.2. The quantitative estimate of drug-likeness (QED) is 0.432. The highest BCUT2D eigenvalue weighted by atomic mass is 16.3. The molecule has 0 saturated carbocycles. The lowest BCUT2D eigenvalue weighted by Crippen LogP contribution is -2.38. The van der Waals surface area contributed by atoms with Crippen LogP contribution in [0.2, 0.25) is 0 Å². The Morgan fingerprint density at radius 2 is 1.88 bits per heavy atom. The zero-order valence-corrected chi connectivity index (χ0v) is 18.1. The van der Waals surface area contributed by atoms with Gasteiger partial charge in [0.05, 0.1) is 35.2 Å². The molecule has 2 N–H and O–H groups in total. The van der Waals surface area contributed by atoms with Gasteiger partial charge in [-0.15, -0.1) is 0 Å². The van der Waals surface area contributed by atoms with E-state index in [0.29, 0.717) is 11.5 Å². The minimum atomic E-state index is -1.07. The van der Waals surface area contributed by atoms with Crippen LogP contribution in [0.4, 0.5) is 0 Å². The van der Waals surface area contributed by atoms with Crippen molar-refractivity contribution in [3.63, 3.8) is 0 Å². The van der Waals surface area contributed by atoms with Crippen molar-refractivity contribution in [2.75, 3.05) is 6.54 Å². The van der Waals surface area contributed by atoms with Crippen molar-refractivity contribution in [2.45, 2.75) is 25.9 Å². The summed E-state index contributed by atoms with van der Waals surface area (Å²) in [6.45, 7) is 3.22. The molecule has 9 nitrogen and oxygen atoms in total. The van der Waals surface area contributed by atoms with E-state index in [1.807, 2.05) is 42.7 Å². The van der Waals surface area contributed by atoms with E-state index in [-0.39, 0.29) is 30.0 Å². The average Bonchev–Trinajstić information content (AvgIpc) is 3.35. The molecular formula is C23H24N6O3. The number of aryl methyl sites for hydroxylation is 1. The van der Waals surface area contributed by atoms with Gasteiger partial charge in [-0.1, -0.05) is 30.3 Å². The number of amides is 1. The molecule has 0 aliphatic heterocycles. The van der Waals surface area contributed by atoms with Crippen molar-refractivity contribution < 1.29 is 14.7 Å². The number of ketones is 1. The molecule has 1 amide bonds. The summed E-state index contributed by atoms with van der Waals surface area (Å²) in [6, 6.07) is 11.5. The van der Waals surface area contributed by atoms with Crippen LogP contribution in [0.3, 0.4) is 0 Å². The van der Waals surface area contributed by atoms with Crippen LogP contribution in [0.15, 0.2) is 55.0 Å². The molecular weight excluding hydrogens is 408 g/mol. The van der Waals surface area contributed by atoms with Crippen molar-refractivity contribution in [1.82, 2.24) is 29.5 Å². The molecule has 164 valence electrons.